The van der Waals surface area contributed by atoms with E-state index in [0.29, 0.717) is 6.54 Å². The molecule has 1 fully saturated rings. The second kappa shape index (κ2) is 10.2. The minimum absolute atomic E-state index is 0.0406. The summed E-state index contributed by atoms with van der Waals surface area (Å²) in [6.45, 7) is 0.322. The van der Waals surface area contributed by atoms with Crippen LogP contribution in [0, 0.1) is 5.92 Å². The molecule has 0 radical (unpaired) electrons. The maximum atomic E-state index is 12.4. The lowest BCUT2D eigenvalue weighted by atomic mass is 9.89. The molecule has 2 amide bonds. The standard InChI is InChI=1S/C18H26BrN3O4S/c1-22(27(25,26)16-9-7-15(19)8-10-16)13-17(23)20-11-12-21-18(24)14-5-3-2-4-6-14/h7-10,14H,2-6,11-13H2,1H3,(H,20,23)(H,21,24). The molecule has 2 rings (SSSR count). The van der Waals surface area contributed by atoms with Gasteiger partial charge in [-0.05, 0) is 37.1 Å². The van der Waals surface area contributed by atoms with Crippen LogP contribution in [0.3, 0.4) is 0 Å². The van der Waals surface area contributed by atoms with Crippen LogP contribution in [-0.4, -0.2) is 51.2 Å². The molecule has 1 aliphatic carbocycles. The second-order valence-electron chi connectivity index (χ2n) is 6.69. The van der Waals surface area contributed by atoms with E-state index < -0.39 is 15.9 Å². The molecule has 9 heteroatoms. The summed E-state index contributed by atoms with van der Waals surface area (Å²) in [5.41, 5.74) is 0. The molecule has 0 unspecified atom stereocenters. The number of nitrogens with one attached hydrogen (secondary N) is 2. The van der Waals surface area contributed by atoms with Crippen molar-refractivity contribution in [2.24, 2.45) is 5.92 Å². The van der Waals surface area contributed by atoms with Gasteiger partial charge in [0.25, 0.3) is 0 Å². The number of halogens is 1. The van der Waals surface area contributed by atoms with E-state index in [1.165, 1.54) is 25.6 Å². The smallest absolute Gasteiger partial charge is 0.243 e. The molecule has 150 valence electrons. The number of rotatable bonds is 8. The SMILES string of the molecule is CN(CC(=O)NCCNC(=O)C1CCCCC1)S(=O)(=O)c1ccc(Br)cc1. The number of benzene rings is 1. The first-order valence-electron chi connectivity index (χ1n) is 9.07. The molecule has 0 atom stereocenters. The molecule has 1 saturated carbocycles. The zero-order chi connectivity index (χ0) is 19.9. The van der Waals surface area contributed by atoms with Crippen LogP contribution in [0.4, 0.5) is 0 Å². The molecule has 0 bridgehead atoms. The van der Waals surface area contributed by atoms with Crippen LogP contribution in [0.15, 0.2) is 33.6 Å². The molecule has 1 aliphatic rings. The van der Waals surface area contributed by atoms with Gasteiger partial charge in [0, 0.05) is 30.5 Å². The lowest BCUT2D eigenvalue weighted by Gasteiger charge is -2.21. The Bertz CT molecular complexity index is 746. The van der Waals surface area contributed by atoms with Crippen LogP contribution in [-0.2, 0) is 19.6 Å². The third-order valence-corrected chi connectivity index (χ3v) is 6.96. The summed E-state index contributed by atoms with van der Waals surface area (Å²) in [4.78, 5) is 24.1. The highest BCUT2D eigenvalue weighted by molar-refractivity contribution is 9.10. The molecule has 2 N–H and O–H groups in total. The Morgan fingerprint density at radius 2 is 1.67 bits per heavy atom. The highest BCUT2D eigenvalue weighted by atomic mass is 79.9. The molecule has 0 aliphatic heterocycles. The Morgan fingerprint density at radius 1 is 1.07 bits per heavy atom. The van der Waals surface area contributed by atoms with Gasteiger partial charge < -0.3 is 10.6 Å². The quantitative estimate of drug-likeness (QED) is 0.580. The highest BCUT2D eigenvalue weighted by Crippen LogP contribution is 2.23. The zero-order valence-corrected chi connectivity index (χ0v) is 17.8. The maximum absolute atomic E-state index is 12.4. The van der Waals surface area contributed by atoms with Gasteiger partial charge in [-0.1, -0.05) is 35.2 Å². The molecule has 1 aromatic rings. The summed E-state index contributed by atoms with van der Waals surface area (Å²) >= 11 is 3.26. The molecule has 0 spiro atoms. The van der Waals surface area contributed by atoms with Gasteiger partial charge in [-0.25, -0.2) is 8.42 Å². The minimum atomic E-state index is -3.73. The van der Waals surface area contributed by atoms with Crippen LogP contribution in [0.25, 0.3) is 0 Å². The van der Waals surface area contributed by atoms with E-state index in [4.69, 9.17) is 0 Å². The Kier molecular flexibility index (Phi) is 8.25. The van der Waals surface area contributed by atoms with Crippen LogP contribution in [0.1, 0.15) is 32.1 Å². The van der Waals surface area contributed by atoms with Crippen molar-refractivity contribution in [3.63, 3.8) is 0 Å². The fourth-order valence-corrected chi connectivity index (χ4v) is 4.42. The van der Waals surface area contributed by atoms with E-state index >= 15 is 0 Å². The van der Waals surface area contributed by atoms with Crippen LogP contribution < -0.4 is 10.6 Å². The monoisotopic (exact) mass is 459 g/mol. The molecular weight excluding hydrogens is 434 g/mol. The Morgan fingerprint density at radius 3 is 2.30 bits per heavy atom. The molecule has 0 saturated heterocycles. The predicted octanol–water partition coefficient (Wildman–Crippen LogP) is 1.88. The number of carbonyl (C=O) groups is 2. The number of nitrogens with zero attached hydrogens (tertiary/aromatic N) is 1. The van der Waals surface area contributed by atoms with Gasteiger partial charge in [-0.3, -0.25) is 9.59 Å². The molecule has 1 aromatic carbocycles. The van der Waals surface area contributed by atoms with E-state index in [0.717, 1.165) is 34.5 Å². The number of likely N-dealkylation sites (N-methyl/N-ethyl adjacent to an activating group) is 1. The third-order valence-electron chi connectivity index (χ3n) is 4.61. The number of carbonyl (C=O) groups excluding carboxylic acids is 2. The van der Waals surface area contributed by atoms with Gasteiger partial charge in [-0.2, -0.15) is 4.31 Å². The average molecular weight is 460 g/mol. The van der Waals surface area contributed by atoms with E-state index in [1.54, 1.807) is 12.1 Å². The fraction of sp³-hybridized carbons (Fsp3) is 0.556. The van der Waals surface area contributed by atoms with Crippen molar-refractivity contribution in [2.75, 3.05) is 26.7 Å². The first kappa shape index (κ1) is 21.8. The van der Waals surface area contributed by atoms with E-state index in [2.05, 4.69) is 26.6 Å². The number of amides is 2. The summed E-state index contributed by atoms with van der Waals surface area (Å²) in [6, 6.07) is 6.23. The largest absolute Gasteiger partial charge is 0.354 e. The van der Waals surface area contributed by atoms with Crippen LogP contribution in [0.5, 0.6) is 0 Å². The van der Waals surface area contributed by atoms with E-state index in [9.17, 15) is 18.0 Å². The molecule has 27 heavy (non-hydrogen) atoms. The number of sulfonamides is 1. The van der Waals surface area contributed by atoms with Crippen molar-refractivity contribution in [3.8, 4) is 0 Å². The molecule has 7 nitrogen and oxygen atoms in total. The lowest BCUT2D eigenvalue weighted by molar-refractivity contribution is -0.126. The van der Waals surface area contributed by atoms with Gasteiger partial charge in [0.1, 0.15) is 0 Å². The lowest BCUT2D eigenvalue weighted by Crippen LogP contribution is -2.42. The fourth-order valence-electron chi connectivity index (χ4n) is 3.03. The third kappa shape index (κ3) is 6.58. The summed E-state index contributed by atoms with van der Waals surface area (Å²) in [7, 11) is -2.36. The van der Waals surface area contributed by atoms with Gasteiger partial charge >= 0.3 is 0 Å². The normalized spacial score (nSPS) is 15.5. The first-order chi connectivity index (χ1) is 12.8. The van der Waals surface area contributed by atoms with Gasteiger partial charge in [0.15, 0.2) is 0 Å². The summed E-state index contributed by atoms with van der Waals surface area (Å²) in [5, 5.41) is 5.47. The summed E-state index contributed by atoms with van der Waals surface area (Å²) in [6.07, 6.45) is 5.23. The topological polar surface area (TPSA) is 95.6 Å². The molecule has 0 heterocycles. The Balaban J connectivity index is 1.73. The van der Waals surface area contributed by atoms with Crippen molar-refractivity contribution in [3.05, 3.63) is 28.7 Å². The minimum Gasteiger partial charge on any atom is -0.354 e. The van der Waals surface area contributed by atoms with Crippen molar-refractivity contribution in [2.45, 2.75) is 37.0 Å². The second-order valence-corrected chi connectivity index (χ2v) is 9.65. The van der Waals surface area contributed by atoms with E-state index in [1.807, 2.05) is 0 Å². The Labute approximate surface area is 169 Å². The van der Waals surface area contributed by atoms with Crippen LogP contribution >= 0.6 is 15.9 Å². The maximum Gasteiger partial charge on any atom is 0.243 e. The molecular formula is C18H26BrN3O4S. The van der Waals surface area contributed by atoms with Crippen LogP contribution in [0.2, 0.25) is 0 Å². The number of hydrogen-bond acceptors (Lipinski definition) is 4. The van der Waals surface area contributed by atoms with Crippen molar-refractivity contribution in [1.29, 1.82) is 0 Å². The van der Waals surface area contributed by atoms with Gasteiger partial charge in [-0.15, -0.1) is 0 Å². The van der Waals surface area contributed by atoms with Crippen molar-refractivity contribution >= 4 is 37.8 Å². The average Bonchev–Trinajstić information content (AvgIpc) is 2.66. The Hall–Kier alpha value is -1.45. The van der Waals surface area contributed by atoms with E-state index in [-0.39, 0.29) is 29.8 Å². The molecule has 0 aromatic heterocycles. The van der Waals surface area contributed by atoms with Crippen molar-refractivity contribution in [1.82, 2.24) is 14.9 Å². The van der Waals surface area contributed by atoms with Crippen molar-refractivity contribution < 1.29 is 18.0 Å². The highest BCUT2D eigenvalue weighted by Gasteiger charge is 2.23. The summed E-state index contributed by atoms with van der Waals surface area (Å²) in [5.74, 6) is -0.291. The summed E-state index contributed by atoms with van der Waals surface area (Å²) < 4.78 is 26.7. The van der Waals surface area contributed by atoms with Gasteiger partial charge in [0.05, 0.1) is 11.4 Å². The first-order valence-corrected chi connectivity index (χ1v) is 11.3. The number of hydrogen-bond donors (Lipinski definition) is 2. The predicted molar refractivity (Wildman–Crippen MR) is 107 cm³/mol. The zero-order valence-electron chi connectivity index (χ0n) is 15.4. The van der Waals surface area contributed by atoms with Gasteiger partial charge in [0.2, 0.25) is 21.8 Å².